The first-order chi connectivity index (χ1) is 11.3. The standard InChI is InChI=1S/C19H22N2O2/c22-19(21-17-10-12-20-13-11-17)16-8-6-15(7-9-16)14-23-18-4-2-1-3-5-18/h1-9,17,20H,10-14H2,(H,21,22). The van der Waals surface area contributed by atoms with E-state index in [-0.39, 0.29) is 11.9 Å². The summed E-state index contributed by atoms with van der Waals surface area (Å²) in [6.45, 7) is 2.45. The van der Waals surface area contributed by atoms with Gasteiger partial charge < -0.3 is 15.4 Å². The average Bonchev–Trinajstić information content (AvgIpc) is 2.62. The molecule has 0 atom stereocenters. The molecule has 1 saturated heterocycles. The molecule has 2 aromatic rings. The van der Waals surface area contributed by atoms with Crippen LogP contribution in [-0.2, 0) is 6.61 Å². The van der Waals surface area contributed by atoms with Crippen LogP contribution in [0.3, 0.4) is 0 Å². The molecule has 4 nitrogen and oxygen atoms in total. The van der Waals surface area contributed by atoms with Gasteiger partial charge in [-0.15, -0.1) is 0 Å². The summed E-state index contributed by atoms with van der Waals surface area (Å²) in [6, 6.07) is 17.6. The molecule has 0 aliphatic carbocycles. The second-order valence-corrected chi connectivity index (χ2v) is 5.80. The molecule has 1 heterocycles. The van der Waals surface area contributed by atoms with Crippen LogP contribution < -0.4 is 15.4 Å². The summed E-state index contributed by atoms with van der Waals surface area (Å²) in [5, 5.41) is 6.40. The van der Waals surface area contributed by atoms with Crippen molar-refractivity contribution < 1.29 is 9.53 Å². The molecule has 1 fully saturated rings. The molecule has 2 N–H and O–H groups in total. The van der Waals surface area contributed by atoms with Crippen LogP contribution in [0.15, 0.2) is 54.6 Å². The van der Waals surface area contributed by atoms with Gasteiger partial charge in [-0.3, -0.25) is 4.79 Å². The van der Waals surface area contributed by atoms with E-state index in [4.69, 9.17) is 4.74 Å². The predicted octanol–water partition coefficient (Wildman–Crippen LogP) is 2.75. The lowest BCUT2D eigenvalue weighted by Crippen LogP contribution is -2.42. The van der Waals surface area contributed by atoms with Gasteiger partial charge in [0.25, 0.3) is 5.91 Å². The van der Waals surface area contributed by atoms with Gasteiger partial charge in [-0.25, -0.2) is 0 Å². The molecule has 0 saturated carbocycles. The van der Waals surface area contributed by atoms with Crippen LogP contribution in [0.4, 0.5) is 0 Å². The number of piperidine rings is 1. The molecule has 120 valence electrons. The molecule has 2 aromatic carbocycles. The normalized spacial score (nSPS) is 15.1. The number of nitrogens with one attached hydrogen (secondary N) is 2. The number of hydrogen-bond acceptors (Lipinski definition) is 3. The van der Waals surface area contributed by atoms with E-state index in [1.165, 1.54) is 0 Å². The van der Waals surface area contributed by atoms with Crippen molar-refractivity contribution in [1.29, 1.82) is 0 Å². The van der Waals surface area contributed by atoms with Crippen LogP contribution in [0.5, 0.6) is 5.75 Å². The predicted molar refractivity (Wildman–Crippen MR) is 90.6 cm³/mol. The average molecular weight is 310 g/mol. The number of ether oxygens (including phenoxy) is 1. The molecule has 0 bridgehead atoms. The monoisotopic (exact) mass is 310 g/mol. The second kappa shape index (κ2) is 7.79. The van der Waals surface area contributed by atoms with E-state index in [1.807, 2.05) is 54.6 Å². The smallest absolute Gasteiger partial charge is 0.251 e. The maximum Gasteiger partial charge on any atom is 0.251 e. The first kappa shape index (κ1) is 15.6. The fourth-order valence-electron chi connectivity index (χ4n) is 2.67. The number of amides is 1. The van der Waals surface area contributed by atoms with Crippen LogP contribution in [0.25, 0.3) is 0 Å². The first-order valence-electron chi connectivity index (χ1n) is 8.09. The number of para-hydroxylation sites is 1. The number of rotatable bonds is 5. The van der Waals surface area contributed by atoms with Gasteiger partial charge in [0, 0.05) is 11.6 Å². The van der Waals surface area contributed by atoms with E-state index >= 15 is 0 Å². The molecule has 0 aromatic heterocycles. The molecule has 4 heteroatoms. The molecule has 1 aliphatic rings. The van der Waals surface area contributed by atoms with Gasteiger partial charge >= 0.3 is 0 Å². The maximum absolute atomic E-state index is 12.2. The molecule has 0 unspecified atom stereocenters. The third-order valence-electron chi connectivity index (χ3n) is 4.04. The minimum Gasteiger partial charge on any atom is -0.489 e. The molecule has 0 spiro atoms. The fourth-order valence-corrected chi connectivity index (χ4v) is 2.67. The van der Waals surface area contributed by atoms with Crippen molar-refractivity contribution in [3.8, 4) is 5.75 Å². The largest absolute Gasteiger partial charge is 0.489 e. The minimum absolute atomic E-state index is 0.00688. The highest BCUT2D eigenvalue weighted by Gasteiger charge is 2.16. The van der Waals surface area contributed by atoms with Crippen molar-refractivity contribution in [1.82, 2.24) is 10.6 Å². The molecule has 1 amide bonds. The van der Waals surface area contributed by atoms with Gasteiger partial charge in [-0.1, -0.05) is 30.3 Å². The molecular formula is C19H22N2O2. The molecule has 23 heavy (non-hydrogen) atoms. The van der Waals surface area contributed by atoms with Gasteiger partial charge in [0.2, 0.25) is 0 Å². The Balaban J connectivity index is 1.52. The maximum atomic E-state index is 12.2. The summed E-state index contributed by atoms with van der Waals surface area (Å²) >= 11 is 0. The summed E-state index contributed by atoms with van der Waals surface area (Å²) < 4.78 is 5.71. The van der Waals surface area contributed by atoms with Crippen LogP contribution in [0, 0.1) is 0 Å². The number of carbonyl (C=O) groups excluding carboxylic acids is 1. The third kappa shape index (κ3) is 4.57. The van der Waals surface area contributed by atoms with Crippen molar-refractivity contribution in [2.45, 2.75) is 25.5 Å². The van der Waals surface area contributed by atoms with E-state index in [1.54, 1.807) is 0 Å². The minimum atomic E-state index is 0.00688. The van der Waals surface area contributed by atoms with Gasteiger partial charge in [-0.2, -0.15) is 0 Å². The van der Waals surface area contributed by atoms with E-state index in [0.717, 1.165) is 37.2 Å². The first-order valence-corrected chi connectivity index (χ1v) is 8.09. The second-order valence-electron chi connectivity index (χ2n) is 5.80. The third-order valence-corrected chi connectivity index (χ3v) is 4.04. The van der Waals surface area contributed by atoms with Gasteiger partial charge in [0.1, 0.15) is 12.4 Å². The Kier molecular flexibility index (Phi) is 5.27. The lowest BCUT2D eigenvalue weighted by atomic mass is 10.1. The van der Waals surface area contributed by atoms with E-state index in [2.05, 4.69) is 10.6 Å². The van der Waals surface area contributed by atoms with Crippen LogP contribution in [0.1, 0.15) is 28.8 Å². The number of carbonyl (C=O) groups is 1. The highest BCUT2D eigenvalue weighted by molar-refractivity contribution is 5.94. The summed E-state index contributed by atoms with van der Waals surface area (Å²) in [5.74, 6) is 0.854. The molecule has 0 radical (unpaired) electrons. The number of hydrogen-bond donors (Lipinski definition) is 2. The Labute approximate surface area is 136 Å². The fraction of sp³-hybridized carbons (Fsp3) is 0.316. The molecule has 1 aliphatic heterocycles. The highest BCUT2D eigenvalue weighted by atomic mass is 16.5. The van der Waals surface area contributed by atoms with Gasteiger partial charge in [0.15, 0.2) is 0 Å². The topological polar surface area (TPSA) is 50.4 Å². The lowest BCUT2D eigenvalue weighted by Gasteiger charge is -2.23. The Morgan fingerprint density at radius 1 is 1.04 bits per heavy atom. The Bertz CT molecular complexity index is 620. The van der Waals surface area contributed by atoms with E-state index in [0.29, 0.717) is 12.2 Å². The zero-order valence-corrected chi connectivity index (χ0v) is 13.1. The Morgan fingerprint density at radius 3 is 2.43 bits per heavy atom. The SMILES string of the molecule is O=C(NC1CCNCC1)c1ccc(COc2ccccc2)cc1. The summed E-state index contributed by atoms with van der Waals surface area (Å²) in [4.78, 5) is 12.2. The van der Waals surface area contributed by atoms with Crippen molar-refractivity contribution in [3.05, 3.63) is 65.7 Å². The Morgan fingerprint density at radius 2 is 1.74 bits per heavy atom. The van der Waals surface area contributed by atoms with Crippen molar-refractivity contribution in [2.24, 2.45) is 0 Å². The van der Waals surface area contributed by atoms with Crippen LogP contribution in [-0.4, -0.2) is 25.0 Å². The molecule has 3 rings (SSSR count). The quantitative estimate of drug-likeness (QED) is 0.893. The van der Waals surface area contributed by atoms with Gasteiger partial charge in [0.05, 0.1) is 0 Å². The van der Waals surface area contributed by atoms with Crippen LogP contribution >= 0.6 is 0 Å². The van der Waals surface area contributed by atoms with Crippen LogP contribution in [0.2, 0.25) is 0 Å². The summed E-state index contributed by atoms with van der Waals surface area (Å²) in [6.07, 6.45) is 1.99. The summed E-state index contributed by atoms with van der Waals surface area (Å²) in [7, 11) is 0. The lowest BCUT2D eigenvalue weighted by molar-refractivity contribution is 0.0929. The van der Waals surface area contributed by atoms with E-state index < -0.39 is 0 Å². The van der Waals surface area contributed by atoms with Crippen molar-refractivity contribution in [3.63, 3.8) is 0 Å². The number of benzene rings is 2. The zero-order valence-electron chi connectivity index (χ0n) is 13.1. The van der Waals surface area contributed by atoms with Gasteiger partial charge in [-0.05, 0) is 55.8 Å². The zero-order chi connectivity index (χ0) is 15.9. The Hall–Kier alpha value is -2.33. The highest BCUT2D eigenvalue weighted by Crippen LogP contribution is 2.13. The van der Waals surface area contributed by atoms with Crippen molar-refractivity contribution >= 4 is 5.91 Å². The van der Waals surface area contributed by atoms with Crippen molar-refractivity contribution in [2.75, 3.05) is 13.1 Å². The molecular weight excluding hydrogens is 288 g/mol. The van der Waals surface area contributed by atoms with E-state index in [9.17, 15) is 4.79 Å². The summed E-state index contributed by atoms with van der Waals surface area (Å²) in [5.41, 5.74) is 1.75.